The molecule has 3 N–H and O–H groups in total. The Morgan fingerprint density at radius 2 is 1.79 bits per heavy atom. The number of amides is 2. The Labute approximate surface area is 112 Å². The lowest BCUT2D eigenvalue weighted by Gasteiger charge is -2.28. The predicted octanol–water partition coefficient (Wildman–Crippen LogP) is 1.13. The Morgan fingerprint density at radius 3 is 2.16 bits per heavy atom. The van der Waals surface area contributed by atoms with Crippen LogP contribution in [0.25, 0.3) is 0 Å². The van der Waals surface area contributed by atoms with E-state index in [1.165, 1.54) is 4.90 Å². The molecule has 7 heteroatoms. The van der Waals surface area contributed by atoms with Crippen LogP contribution in [0.3, 0.4) is 0 Å². The number of hydrogen-bond donors (Lipinski definition) is 3. The van der Waals surface area contributed by atoms with Crippen LogP contribution in [0.5, 0.6) is 0 Å². The van der Waals surface area contributed by atoms with Crippen LogP contribution in [0.1, 0.15) is 40.0 Å². The summed E-state index contributed by atoms with van der Waals surface area (Å²) in [4.78, 5) is 34.9. The molecule has 0 heterocycles. The average molecular weight is 274 g/mol. The molecule has 1 unspecified atom stereocenters. The van der Waals surface area contributed by atoms with E-state index < -0.39 is 24.0 Å². The number of urea groups is 1. The molecule has 0 aliphatic carbocycles. The number of rotatable bonds is 8. The summed E-state index contributed by atoms with van der Waals surface area (Å²) in [6.07, 6.45) is 0.333. The first-order valence-corrected chi connectivity index (χ1v) is 6.31. The second kappa shape index (κ2) is 8.34. The van der Waals surface area contributed by atoms with Crippen molar-refractivity contribution in [2.24, 2.45) is 0 Å². The molecule has 0 bridgehead atoms. The van der Waals surface area contributed by atoms with Gasteiger partial charge in [-0.25, -0.2) is 9.59 Å². The van der Waals surface area contributed by atoms with Crippen molar-refractivity contribution in [3.63, 3.8) is 0 Å². The molecule has 0 radical (unpaired) electrons. The molecular weight excluding hydrogens is 252 g/mol. The molecule has 19 heavy (non-hydrogen) atoms. The SMILES string of the molecule is CCCN(C(=O)NC(CCC(=O)O)C(=O)O)C(C)C. The molecule has 0 saturated carbocycles. The van der Waals surface area contributed by atoms with Gasteiger partial charge in [0, 0.05) is 19.0 Å². The summed E-state index contributed by atoms with van der Waals surface area (Å²) in [5.41, 5.74) is 0. The predicted molar refractivity (Wildman–Crippen MR) is 69.0 cm³/mol. The first kappa shape index (κ1) is 17.2. The van der Waals surface area contributed by atoms with E-state index >= 15 is 0 Å². The van der Waals surface area contributed by atoms with Crippen LogP contribution in [0, 0.1) is 0 Å². The van der Waals surface area contributed by atoms with Gasteiger partial charge >= 0.3 is 18.0 Å². The van der Waals surface area contributed by atoms with E-state index in [4.69, 9.17) is 10.2 Å². The van der Waals surface area contributed by atoms with E-state index in [2.05, 4.69) is 5.32 Å². The normalized spacial score (nSPS) is 12.0. The van der Waals surface area contributed by atoms with Crippen molar-refractivity contribution in [3.8, 4) is 0 Å². The minimum absolute atomic E-state index is 0.0473. The van der Waals surface area contributed by atoms with Crippen molar-refractivity contribution in [3.05, 3.63) is 0 Å². The number of nitrogens with zero attached hydrogens (tertiary/aromatic N) is 1. The van der Waals surface area contributed by atoms with Crippen LogP contribution < -0.4 is 5.32 Å². The van der Waals surface area contributed by atoms with Crippen molar-refractivity contribution in [2.75, 3.05) is 6.54 Å². The van der Waals surface area contributed by atoms with Gasteiger partial charge in [-0.2, -0.15) is 0 Å². The zero-order valence-electron chi connectivity index (χ0n) is 11.5. The number of carboxylic acid groups (broad SMARTS) is 2. The molecule has 0 saturated heterocycles. The van der Waals surface area contributed by atoms with Crippen molar-refractivity contribution >= 4 is 18.0 Å². The van der Waals surface area contributed by atoms with Gasteiger partial charge in [-0.15, -0.1) is 0 Å². The van der Waals surface area contributed by atoms with Gasteiger partial charge in [0.1, 0.15) is 6.04 Å². The van der Waals surface area contributed by atoms with Gasteiger partial charge in [-0.05, 0) is 26.7 Å². The van der Waals surface area contributed by atoms with Crippen LogP contribution in [-0.2, 0) is 9.59 Å². The summed E-state index contributed by atoms with van der Waals surface area (Å²) in [5, 5.41) is 19.9. The largest absolute Gasteiger partial charge is 0.481 e. The zero-order valence-corrected chi connectivity index (χ0v) is 11.5. The minimum atomic E-state index is -1.23. The molecule has 0 fully saturated rings. The molecule has 0 spiro atoms. The Bertz CT molecular complexity index is 330. The third kappa shape index (κ3) is 6.64. The lowest BCUT2D eigenvalue weighted by Crippen LogP contribution is -2.50. The molecule has 0 aromatic heterocycles. The number of carbonyl (C=O) groups is 3. The molecule has 0 aliphatic rings. The number of carboxylic acids is 2. The van der Waals surface area contributed by atoms with Crippen molar-refractivity contribution in [1.82, 2.24) is 10.2 Å². The zero-order chi connectivity index (χ0) is 15.0. The maximum absolute atomic E-state index is 11.9. The Morgan fingerprint density at radius 1 is 1.21 bits per heavy atom. The van der Waals surface area contributed by atoms with E-state index in [1.54, 1.807) is 0 Å². The van der Waals surface area contributed by atoms with Crippen molar-refractivity contribution in [2.45, 2.75) is 52.1 Å². The molecule has 2 amide bonds. The van der Waals surface area contributed by atoms with Gasteiger partial charge in [-0.3, -0.25) is 4.79 Å². The smallest absolute Gasteiger partial charge is 0.326 e. The lowest BCUT2D eigenvalue weighted by molar-refractivity contribution is -0.140. The topological polar surface area (TPSA) is 107 Å². The number of nitrogens with one attached hydrogen (secondary N) is 1. The fourth-order valence-corrected chi connectivity index (χ4v) is 1.59. The van der Waals surface area contributed by atoms with Crippen molar-refractivity contribution < 1.29 is 24.6 Å². The van der Waals surface area contributed by atoms with Gasteiger partial charge in [0.15, 0.2) is 0 Å². The second-order valence-corrected chi connectivity index (χ2v) is 4.56. The van der Waals surface area contributed by atoms with Crippen LogP contribution in [-0.4, -0.2) is 51.7 Å². The average Bonchev–Trinajstić information content (AvgIpc) is 2.29. The van der Waals surface area contributed by atoms with Crippen LogP contribution in [0.15, 0.2) is 0 Å². The molecule has 7 nitrogen and oxygen atoms in total. The number of aliphatic carboxylic acids is 2. The summed E-state index contributed by atoms with van der Waals surface area (Å²) >= 11 is 0. The second-order valence-electron chi connectivity index (χ2n) is 4.56. The van der Waals surface area contributed by atoms with Crippen LogP contribution in [0.4, 0.5) is 4.79 Å². The third-order valence-corrected chi connectivity index (χ3v) is 2.59. The molecule has 0 rings (SSSR count). The number of hydrogen-bond acceptors (Lipinski definition) is 3. The highest BCUT2D eigenvalue weighted by atomic mass is 16.4. The van der Waals surface area contributed by atoms with E-state index in [9.17, 15) is 14.4 Å². The van der Waals surface area contributed by atoms with E-state index in [0.717, 1.165) is 6.42 Å². The molecule has 1 atom stereocenters. The first-order valence-electron chi connectivity index (χ1n) is 6.31. The molecule has 0 aromatic carbocycles. The van der Waals surface area contributed by atoms with E-state index in [1.807, 2.05) is 20.8 Å². The first-order chi connectivity index (χ1) is 8.79. The molecule has 110 valence electrons. The quantitative estimate of drug-likeness (QED) is 0.615. The molecule has 0 aliphatic heterocycles. The number of carbonyl (C=O) groups excluding carboxylic acids is 1. The van der Waals surface area contributed by atoms with Gasteiger partial charge in [0.05, 0.1) is 0 Å². The maximum atomic E-state index is 11.9. The monoisotopic (exact) mass is 274 g/mol. The van der Waals surface area contributed by atoms with Gasteiger partial charge in [0.2, 0.25) is 0 Å². The standard InChI is InChI=1S/C12H22N2O5/c1-4-7-14(8(2)3)12(19)13-9(11(17)18)5-6-10(15)16/h8-9H,4-7H2,1-3H3,(H,13,19)(H,15,16)(H,17,18). The minimum Gasteiger partial charge on any atom is -0.481 e. The van der Waals surface area contributed by atoms with Crippen molar-refractivity contribution in [1.29, 1.82) is 0 Å². The molecule has 0 aromatic rings. The van der Waals surface area contributed by atoms with E-state index in [0.29, 0.717) is 6.54 Å². The highest BCUT2D eigenvalue weighted by molar-refractivity contribution is 5.83. The Balaban J connectivity index is 4.59. The fraction of sp³-hybridized carbons (Fsp3) is 0.750. The van der Waals surface area contributed by atoms with Gasteiger partial charge in [0.25, 0.3) is 0 Å². The van der Waals surface area contributed by atoms with Gasteiger partial charge in [-0.1, -0.05) is 6.92 Å². The third-order valence-electron chi connectivity index (χ3n) is 2.59. The van der Waals surface area contributed by atoms with E-state index in [-0.39, 0.29) is 18.9 Å². The van der Waals surface area contributed by atoms with Crippen LogP contribution in [0.2, 0.25) is 0 Å². The maximum Gasteiger partial charge on any atom is 0.326 e. The Hall–Kier alpha value is -1.79. The summed E-state index contributed by atoms with van der Waals surface area (Å²) in [7, 11) is 0. The van der Waals surface area contributed by atoms with Crippen LogP contribution >= 0.6 is 0 Å². The lowest BCUT2D eigenvalue weighted by atomic mass is 10.1. The summed E-state index contributed by atoms with van der Waals surface area (Å²) in [5.74, 6) is -2.32. The summed E-state index contributed by atoms with van der Waals surface area (Å²) in [6.45, 7) is 6.11. The summed E-state index contributed by atoms with van der Waals surface area (Å²) in [6, 6.07) is -1.70. The molecular formula is C12H22N2O5. The summed E-state index contributed by atoms with van der Waals surface area (Å²) < 4.78 is 0. The van der Waals surface area contributed by atoms with Gasteiger partial charge < -0.3 is 20.4 Å². The Kier molecular flexibility index (Phi) is 7.55. The highest BCUT2D eigenvalue weighted by Gasteiger charge is 2.24. The highest BCUT2D eigenvalue weighted by Crippen LogP contribution is 2.04. The fourth-order valence-electron chi connectivity index (χ4n) is 1.59.